The Balaban J connectivity index is 2.58. The Hall–Kier alpha value is -2.90. The minimum atomic E-state index is -0.798. The summed E-state index contributed by atoms with van der Waals surface area (Å²) < 4.78 is 9.63. The van der Waals surface area contributed by atoms with Crippen LogP contribution >= 0.6 is 0 Å². The molecule has 2 amide bonds. The van der Waals surface area contributed by atoms with E-state index in [1.54, 1.807) is 12.1 Å². The fraction of sp³-hybridized carbons (Fsp3) is 0.444. The smallest absolute Gasteiger partial charge is 0.338 e. The van der Waals surface area contributed by atoms with Gasteiger partial charge in [-0.1, -0.05) is 20.3 Å². The molecular formula is C18H24N2O6. The summed E-state index contributed by atoms with van der Waals surface area (Å²) >= 11 is 0. The normalized spacial score (nSPS) is 12.5. The second-order valence-electron chi connectivity index (χ2n) is 5.79. The van der Waals surface area contributed by atoms with Crippen LogP contribution in [0.25, 0.3) is 0 Å². The molecule has 0 fully saturated rings. The molecule has 0 radical (unpaired) electrons. The summed E-state index contributed by atoms with van der Waals surface area (Å²) in [5, 5.41) is 5.09. The second-order valence-corrected chi connectivity index (χ2v) is 5.79. The Morgan fingerprint density at radius 2 is 1.73 bits per heavy atom. The van der Waals surface area contributed by atoms with Gasteiger partial charge in [0.15, 0.2) is 6.61 Å². The lowest BCUT2D eigenvalue weighted by atomic mass is 9.99. The molecule has 142 valence electrons. The van der Waals surface area contributed by atoms with E-state index in [-0.39, 0.29) is 17.4 Å². The first-order valence-electron chi connectivity index (χ1n) is 8.20. The molecule has 0 bridgehead atoms. The first kappa shape index (κ1) is 21.1. The number of nitrogens with one attached hydrogen (secondary N) is 2. The van der Waals surface area contributed by atoms with Crippen LogP contribution in [0.15, 0.2) is 24.3 Å². The monoisotopic (exact) mass is 364 g/mol. The molecule has 1 rings (SSSR count). The number of carbonyl (C=O) groups is 4. The number of carbonyl (C=O) groups excluding carboxylic acids is 4. The van der Waals surface area contributed by atoms with Crippen molar-refractivity contribution in [3.8, 4) is 0 Å². The molecule has 1 aromatic carbocycles. The molecule has 2 N–H and O–H groups in total. The molecule has 0 spiro atoms. The van der Waals surface area contributed by atoms with Gasteiger partial charge in [-0.05, 0) is 30.2 Å². The quantitative estimate of drug-likeness (QED) is 0.677. The third kappa shape index (κ3) is 6.54. The SMILES string of the molecule is CC[C@H](C)[C@H](NC(=O)COC(=O)c1ccc(NC(C)=O)cc1)C(=O)OC. The molecule has 8 heteroatoms. The minimum absolute atomic E-state index is 0.122. The van der Waals surface area contributed by atoms with E-state index in [2.05, 4.69) is 15.4 Å². The Morgan fingerprint density at radius 3 is 2.23 bits per heavy atom. The van der Waals surface area contributed by atoms with E-state index in [1.165, 1.54) is 26.2 Å². The van der Waals surface area contributed by atoms with Gasteiger partial charge in [0.05, 0.1) is 12.7 Å². The van der Waals surface area contributed by atoms with Crippen LogP contribution in [0.2, 0.25) is 0 Å². The van der Waals surface area contributed by atoms with E-state index < -0.39 is 30.5 Å². The average Bonchev–Trinajstić information content (AvgIpc) is 2.63. The third-order valence-corrected chi connectivity index (χ3v) is 3.76. The van der Waals surface area contributed by atoms with Crippen molar-refractivity contribution >= 4 is 29.4 Å². The zero-order chi connectivity index (χ0) is 19.7. The highest BCUT2D eigenvalue weighted by atomic mass is 16.5. The summed E-state index contributed by atoms with van der Waals surface area (Å²) in [7, 11) is 1.24. The van der Waals surface area contributed by atoms with Gasteiger partial charge in [-0.25, -0.2) is 9.59 Å². The Morgan fingerprint density at radius 1 is 1.12 bits per heavy atom. The highest BCUT2D eigenvalue weighted by Gasteiger charge is 2.27. The first-order chi connectivity index (χ1) is 12.3. The second kappa shape index (κ2) is 10.2. The standard InChI is InChI=1S/C18H24N2O6/c1-5-11(2)16(18(24)25-4)20-15(22)10-26-17(23)13-6-8-14(9-7-13)19-12(3)21/h6-9,11,16H,5,10H2,1-4H3,(H,19,21)(H,20,22)/t11-,16-/m0/s1. The van der Waals surface area contributed by atoms with Crippen molar-refractivity contribution in [2.45, 2.75) is 33.2 Å². The van der Waals surface area contributed by atoms with Crippen LogP contribution in [0, 0.1) is 5.92 Å². The maximum absolute atomic E-state index is 12.0. The van der Waals surface area contributed by atoms with Gasteiger partial charge in [0.25, 0.3) is 5.91 Å². The molecule has 0 saturated carbocycles. The molecule has 0 unspecified atom stereocenters. The number of rotatable bonds is 8. The van der Waals surface area contributed by atoms with E-state index in [4.69, 9.17) is 4.74 Å². The fourth-order valence-corrected chi connectivity index (χ4v) is 2.12. The largest absolute Gasteiger partial charge is 0.467 e. The molecule has 2 atom stereocenters. The van der Waals surface area contributed by atoms with Crippen LogP contribution in [0.1, 0.15) is 37.6 Å². The molecule has 1 aromatic rings. The number of hydrogen-bond acceptors (Lipinski definition) is 6. The zero-order valence-corrected chi connectivity index (χ0v) is 15.3. The molecule has 0 saturated heterocycles. The van der Waals surface area contributed by atoms with Crippen molar-refractivity contribution in [1.82, 2.24) is 5.32 Å². The van der Waals surface area contributed by atoms with Crippen molar-refractivity contribution in [2.75, 3.05) is 19.0 Å². The van der Waals surface area contributed by atoms with Gasteiger partial charge in [-0.3, -0.25) is 9.59 Å². The maximum atomic E-state index is 12.0. The third-order valence-electron chi connectivity index (χ3n) is 3.76. The fourth-order valence-electron chi connectivity index (χ4n) is 2.12. The van der Waals surface area contributed by atoms with Gasteiger partial charge in [0.1, 0.15) is 6.04 Å². The zero-order valence-electron chi connectivity index (χ0n) is 15.3. The van der Waals surface area contributed by atoms with Gasteiger partial charge < -0.3 is 20.1 Å². The number of esters is 2. The summed E-state index contributed by atoms with van der Waals surface area (Å²) in [4.78, 5) is 46.6. The lowest BCUT2D eigenvalue weighted by Crippen LogP contribution is -2.47. The summed E-state index contributed by atoms with van der Waals surface area (Å²) in [6.45, 7) is 4.56. The van der Waals surface area contributed by atoms with E-state index in [9.17, 15) is 19.2 Å². The first-order valence-corrected chi connectivity index (χ1v) is 8.20. The number of methoxy groups -OCH3 is 1. The lowest BCUT2D eigenvalue weighted by Gasteiger charge is -2.21. The molecular weight excluding hydrogens is 340 g/mol. The predicted octanol–water partition coefficient (Wildman–Crippen LogP) is 1.51. The molecule has 0 aliphatic rings. The number of amides is 2. The summed E-state index contributed by atoms with van der Waals surface area (Å²) in [5.41, 5.74) is 0.777. The van der Waals surface area contributed by atoms with Gasteiger partial charge >= 0.3 is 11.9 Å². The molecule has 0 aliphatic heterocycles. The number of ether oxygens (including phenoxy) is 2. The molecule has 26 heavy (non-hydrogen) atoms. The van der Waals surface area contributed by atoms with Gasteiger partial charge in [-0.15, -0.1) is 0 Å². The highest BCUT2D eigenvalue weighted by molar-refractivity contribution is 5.93. The Kier molecular flexibility index (Phi) is 8.27. The summed E-state index contributed by atoms with van der Waals surface area (Å²) in [5.74, 6) is -2.17. The molecule has 8 nitrogen and oxygen atoms in total. The van der Waals surface area contributed by atoms with Gasteiger partial charge in [-0.2, -0.15) is 0 Å². The number of benzene rings is 1. The van der Waals surface area contributed by atoms with Gasteiger partial charge in [0.2, 0.25) is 5.91 Å². The van der Waals surface area contributed by atoms with E-state index in [0.29, 0.717) is 12.1 Å². The van der Waals surface area contributed by atoms with Crippen molar-refractivity contribution in [2.24, 2.45) is 5.92 Å². The molecule has 0 aliphatic carbocycles. The van der Waals surface area contributed by atoms with Crippen molar-refractivity contribution in [3.05, 3.63) is 29.8 Å². The van der Waals surface area contributed by atoms with E-state index in [1.807, 2.05) is 13.8 Å². The van der Waals surface area contributed by atoms with Crippen molar-refractivity contribution in [1.29, 1.82) is 0 Å². The summed E-state index contributed by atoms with van der Waals surface area (Å²) in [6, 6.07) is 5.25. The van der Waals surface area contributed by atoms with Crippen LogP contribution in [-0.2, 0) is 23.9 Å². The lowest BCUT2D eigenvalue weighted by molar-refractivity contribution is -0.147. The van der Waals surface area contributed by atoms with Crippen LogP contribution in [0.4, 0.5) is 5.69 Å². The van der Waals surface area contributed by atoms with Crippen molar-refractivity contribution < 1.29 is 28.7 Å². The van der Waals surface area contributed by atoms with Crippen molar-refractivity contribution in [3.63, 3.8) is 0 Å². The highest BCUT2D eigenvalue weighted by Crippen LogP contribution is 2.11. The molecule has 0 aromatic heterocycles. The van der Waals surface area contributed by atoms with E-state index in [0.717, 1.165) is 0 Å². The van der Waals surface area contributed by atoms with Gasteiger partial charge in [0, 0.05) is 12.6 Å². The average molecular weight is 364 g/mol. The maximum Gasteiger partial charge on any atom is 0.338 e. The topological polar surface area (TPSA) is 111 Å². The summed E-state index contributed by atoms with van der Waals surface area (Å²) in [6.07, 6.45) is 0.667. The van der Waals surface area contributed by atoms with Crippen LogP contribution < -0.4 is 10.6 Å². The van der Waals surface area contributed by atoms with Crippen LogP contribution in [0.5, 0.6) is 0 Å². The predicted molar refractivity (Wildman–Crippen MR) is 94.4 cm³/mol. The van der Waals surface area contributed by atoms with Crippen LogP contribution in [-0.4, -0.2) is 43.5 Å². The number of hydrogen-bond donors (Lipinski definition) is 2. The van der Waals surface area contributed by atoms with E-state index >= 15 is 0 Å². The Labute approximate surface area is 152 Å². The van der Waals surface area contributed by atoms with Crippen LogP contribution in [0.3, 0.4) is 0 Å². The Bertz CT molecular complexity index is 656. The molecule has 0 heterocycles. The number of anilines is 1. The minimum Gasteiger partial charge on any atom is -0.467 e.